The zero-order valence-electron chi connectivity index (χ0n) is 24.1. The van der Waals surface area contributed by atoms with Crippen molar-refractivity contribution in [2.75, 3.05) is 13.7 Å². The number of ether oxygens (including phenoxy) is 4. The normalized spacial score (nSPS) is 26.3. The Balaban J connectivity index is 1.84. The van der Waals surface area contributed by atoms with Crippen LogP contribution in [0.5, 0.6) is 28.7 Å². The van der Waals surface area contributed by atoms with Crippen molar-refractivity contribution in [3.05, 3.63) is 64.9 Å². The van der Waals surface area contributed by atoms with Gasteiger partial charge in [0.05, 0.1) is 25.9 Å². The van der Waals surface area contributed by atoms with Gasteiger partial charge in [0.15, 0.2) is 5.78 Å². The summed E-state index contributed by atoms with van der Waals surface area (Å²) in [7, 11) is 1.41. The van der Waals surface area contributed by atoms with E-state index >= 15 is 0 Å². The number of methoxy groups -OCH3 is 1. The summed E-state index contributed by atoms with van der Waals surface area (Å²) in [4.78, 5) is 13.5. The molecule has 0 spiro atoms. The lowest BCUT2D eigenvalue weighted by Gasteiger charge is -2.40. The van der Waals surface area contributed by atoms with Crippen LogP contribution in [0, 0.1) is 5.92 Å². The molecule has 4 rings (SSSR count). The first-order valence-electron chi connectivity index (χ1n) is 13.8. The smallest absolute Gasteiger partial charge is 0.229 e. The molecule has 0 bridgehead atoms. The van der Waals surface area contributed by atoms with Crippen molar-refractivity contribution < 1.29 is 59.5 Å². The average molecular weight is 603 g/mol. The minimum Gasteiger partial charge on any atom is -0.513 e. The number of carbonyl (C=O) groups is 1. The van der Waals surface area contributed by atoms with E-state index in [1.54, 1.807) is 19.1 Å². The Bertz CT molecular complexity index is 1380. The summed E-state index contributed by atoms with van der Waals surface area (Å²) in [5.74, 6) is -0.917. The second-order valence-electron chi connectivity index (χ2n) is 10.9. The molecule has 2 aliphatic heterocycles. The second kappa shape index (κ2) is 13.2. The number of benzene rings is 2. The third kappa shape index (κ3) is 6.73. The van der Waals surface area contributed by atoms with Crippen LogP contribution < -0.4 is 14.2 Å². The molecule has 7 N–H and O–H groups in total. The molecule has 12 heteroatoms. The lowest BCUT2D eigenvalue weighted by Crippen LogP contribution is -2.60. The Morgan fingerprint density at radius 2 is 1.84 bits per heavy atom. The second-order valence-corrected chi connectivity index (χ2v) is 10.9. The standard InChI is InChI=1S/C31H38O12/c1-14(2)16(6-5-15(3)33)9-19-24(42-31-29(39)28(38)27(37)25(13-32)43-31)12-21(36)26-20(35)11-23(41-30(19)26)18-8-7-17(34)10-22(18)40-4/h5,7-8,10,12,16,23,25,27-29,31-34,36-39H,1,6,9,11,13H2,2-4H3/b15-5+/t16?,23-,25+,27+,28-,29+,31+/m0/s1. The average Bonchev–Trinajstić information content (AvgIpc) is 2.95. The molecular formula is C31H38O12. The summed E-state index contributed by atoms with van der Waals surface area (Å²) in [5, 5.41) is 71.5. The summed E-state index contributed by atoms with van der Waals surface area (Å²) in [6.45, 7) is 6.72. The van der Waals surface area contributed by atoms with Gasteiger partial charge in [-0.2, -0.15) is 0 Å². The van der Waals surface area contributed by atoms with Crippen molar-refractivity contribution in [3.63, 3.8) is 0 Å². The van der Waals surface area contributed by atoms with Gasteiger partial charge in [0.25, 0.3) is 0 Å². The zero-order valence-corrected chi connectivity index (χ0v) is 24.1. The van der Waals surface area contributed by atoms with E-state index in [1.165, 1.54) is 32.2 Å². The number of phenols is 2. The topological polar surface area (TPSA) is 196 Å². The molecule has 43 heavy (non-hydrogen) atoms. The summed E-state index contributed by atoms with van der Waals surface area (Å²) in [5.41, 5.74) is 1.43. The van der Waals surface area contributed by atoms with Gasteiger partial charge >= 0.3 is 0 Å². The molecule has 7 atom stereocenters. The quantitative estimate of drug-likeness (QED) is 0.155. The third-order valence-electron chi connectivity index (χ3n) is 7.73. The summed E-state index contributed by atoms with van der Waals surface area (Å²) < 4.78 is 23.3. The van der Waals surface area contributed by atoms with E-state index in [0.29, 0.717) is 17.5 Å². The Hall–Kier alpha value is -3.81. The van der Waals surface area contributed by atoms with Crippen LogP contribution in [0.15, 0.2) is 48.3 Å². The first-order valence-corrected chi connectivity index (χ1v) is 13.8. The molecule has 234 valence electrons. The molecule has 1 unspecified atom stereocenters. The fourth-order valence-corrected chi connectivity index (χ4v) is 5.26. The minimum atomic E-state index is -1.74. The highest BCUT2D eigenvalue weighted by Crippen LogP contribution is 2.48. The van der Waals surface area contributed by atoms with Crippen LogP contribution >= 0.6 is 0 Å². The fraction of sp³-hybridized carbons (Fsp3) is 0.452. The lowest BCUT2D eigenvalue weighted by atomic mass is 9.86. The van der Waals surface area contributed by atoms with Crippen molar-refractivity contribution in [2.24, 2.45) is 5.92 Å². The highest BCUT2D eigenvalue weighted by atomic mass is 16.7. The van der Waals surface area contributed by atoms with Crippen LogP contribution in [0.1, 0.15) is 54.3 Å². The molecule has 0 radical (unpaired) electrons. The number of carbonyl (C=O) groups excluding carboxylic acids is 1. The van der Waals surface area contributed by atoms with Gasteiger partial charge in [0.2, 0.25) is 6.29 Å². The highest BCUT2D eigenvalue weighted by molar-refractivity contribution is 6.03. The number of aliphatic hydroxyl groups is 5. The van der Waals surface area contributed by atoms with E-state index in [2.05, 4.69) is 6.58 Å². The highest BCUT2D eigenvalue weighted by Gasteiger charge is 2.45. The van der Waals surface area contributed by atoms with Crippen LogP contribution in [0.25, 0.3) is 0 Å². The van der Waals surface area contributed by atoms with Crippen molar-refractivity contribution in [1.82, 2.24) is 0 Å². The van der Waals surface area contributed by atoms with Gasteiger partial charge in [-0.3, -0.25) is 4.79 Å². The molecule has 1 fully saturated rings. The largest absolute Gasteiger partial charge is 0.513 e. The SMILES string of the molecule is C=C(C)C(C/C=C(\C)O)Cc1c(O[C@@H]2O[C@H](CO)[C@@H](O)[C@H](O)[C@H]2O)cc(O)c2c1O[C@H](c1ccc(O)cc1OC)CC2=O. The van der Waals surface area contributed by atoms with Gasteiger partial charge in [-0.25, -0.2) is 0 Å². The Kier molecular flexibility index (Phi) is 9.88. The number of aromatic hydroxyl groups is 2. The molecule has 2 aromatic carbocycles. The van der Waals surface area contributed by atoms with Crippen molar-refractivity contribution >= 4 is 5.78 Å². The lowest BCUT2D eigenvalue weighted by molar-refractivity contribution is -0.277. The van der Waals surface area contributed by atoms with E-state index < -0.39 is 54.9 Å². The molecule has 2 aliphatic rings. The monoisotopic (exact) mass is 602 g/mol. The maximum absolute atomic E-state index is 13.5. The van der Waals surface area contributed by atoms with E-state index in [1.807, 2.05) is 0 Å². The van der Waals surface area contributed by atoms with E-state index in [-0.39, 0.29) is 53.1 Å². The van der Waals surface area contributed by atoms with Crippen LogP contribution in [0.3, 0.4) is 0 Å². The van der Waals surface area contributed by atoms with Crippen LogP contribution in [-0.4, -0.2) is 86.0 Å². The number of hydrogen-bond acceptors (Lipinski definition) is 12. The Morgan fingerprint density at radius 3 is 2.47 bits per heavy atom. The molecule has 12 nitrogen and oxygen atoms in total. The molecule has 0 saturated carbocycles. The molecular weight excluding hydrogens is 564 g/mol. The predicted octanol–water partition coefficient (Wildman–Crippen LogP) is 2.58. The molecule has 0 amide bonds. The van der Waals surface area contributed by atoms with E-state index in [9.17, 15) is 40.5 Å². The van der Waals surface area contributed by atoms with Crippen molar-refractivity contribution in [2.45, 2.75) is 69.9 Å². The number of rotatable bonds is 10. The molecule has 1 saturated heterocycles. The zero-order chi connectivity index (χ0) is 31.6. The molecule has 0 aliphatic carbocycles. The van der Waals surface area contributed by atoms with Gasteiger partial charge in [0.1, 0.15) is 64.8 Å². The van der Waals surface area contributed by atoms with Gasteiger partial charge in [-0.1, -0.05) is 12.2 Å². The van der Waals surface area contributed by atoms with Gasteiger partial charge in [0, 0.05) is 23.3 Å². The fourth-order valence-electron chi connectivity index (χ4n) is 5.26. The first kappa shape index (κ1) is 32.1. The molecule has 2 aromatic rings. The maximum Gasteiger partial charge on any atom is 0.229 e. The van der Waals surface area contributed by atoms with Gasteiger partial charge < -0.3 is 54.7 Å². The number of Topliss-reactive ketones (excluding diaryl/α,β-unsaturated/α-hetero) is 1. The summed E-state index contributed by atoms with van der Waals surface area (Å²) in [6.07, 6.45) is -6.81. The molecule has 2 heterocycles. The van der Waals surface area contributed by atoms with Crippen molar-refractivity contribution in [1.29, 1.82) is 0 Å². The number of allylic oxidation sites excluding steroid dienone is 3. The van der Waals surface area contributed by atoms with Gasteiger partial charge in [-0.05, 0) is 50.8 Å². The van der Waals surface area contributed by atoms with E-state index in [4.69, 9.17) is 18.9 Å². The van der Waals surface area contributed by atoms with Crippen LogP contribution in [-0.2, 0) is 11.2 Å². The van der Waals surface area contributed by atoms with Gasteiger partial charge in [-0.15, -0.1) is 0 Å². The van der Waals surface area contributed by atoms with Crippen molar-refractivity contribution in [3.8, 4) is 28.7 Å². The number of phenolic OH excluding ortho intramolecular Hbond substituents is 2. The Morgan fingerprint density at radius 1 is 1.12 bits per heavy atom. The maximum atomic E-state index is 13.5. The predicted molar refractivity (Wildman–Crippen MR) is 152 cm³/mol. The summed E-state index contributed by atoms with van der Waals surface area (Å²) in [6, 6.07) is 5.56. The van der Waals surface area contributed by atoms with E-state index in [0.717, 1.165) is 5.57 Å². The third-order valence-corrected chi connectivity index (χ3v) is 7.73. The number of fused-ring (bicyclic) bond motifs is 1. The summed E-state index contributed by atoms with van der Waals surface area (Å²) >= 11 is 0. The minimum absolute atomic E-state index is 0.00641. The number of ketones is 1. The van der Waals surface area contributed by atoms with Crippen LogP contribution in [0.2, 0.25) is 0 Å². The molecule has 0 aromatic heterocycles. The first-order chi connectivity index (χ1) is 20.4. The van der Waals surface area contributed by atoms with Crippen LogP contribution in [0.4, 0.5) is 0 Å². The number of hydrogen-bond donors (Lipinski definition) is 7. The Labute approximate surface area is 248 Å². The number of aliphatic hydroxyl groups excluding tert-OH is 5.